The van der Waals surface area contributed by atoms with Gasteiger partial charge in [-0.1, -0.05) is 17.7 Å². The van der Waals surface area contributed by atoms with Gasteiger partial charge in [-0.15, -0.1) is 11.3 Å². The van der Waals surface area contributed by atoms with Crippen LogP contribution in [0.5, 0.6) is 5.75 Å². The number of phenolic OH excluding ortho intramolecular Hbond substituents is 1. The SMILES string of the molecule is Oc1ccc(NC(c2cccs2)C2CC2)cc1Cl. The molecule has 1 heterocycles. The first kappa shape index (κ1) is 11.9. The Kier molecular flexibility index (Phi) is 3.18. The Morgan fingerprint density at radius 1 is 1.33 bits per heavy atom. The van der Waals surface area contributed by atoms with E-state index < -0.39 is 0 Å². The van der Waals surface area contributed by atoms with E-state index in [1.807, 2.05) is 6.07 Å². The summed E-state index contributed by atoms with van der Waals surface area (Å²) in [5.41, 5.74) is 0.961. The van der Waals surface area contributed by atoms with Gasteiger partial charge in [-0.2, -0.15) is 0 Å². The maximum atomic E-state index is 9.43. The van der Waals surface area contributed by atoms with Crippen molar-refractivity contribution in [3.63, 3.8) is 0 Å². The molecule has 94 valence electrons. The van der Waals surface area contributed by atoms with E-state index in [0.717, 1.165) is 11.6 Å². The van der Waals surface area contributed by atoms with Crippen LogP contribution in [0.4, 0.5) is 5.69 Å². The van der Waals surface area contributed by atoms with Crippen molar-refractivity contribution in [3.8, 4) is 5.75 Å². The Balaban J connectivity index is 1.82. The summed E-state index contributed by atoms with van der Waals surface area (Å²) >= 11 is 7.71. The molecule has 0 radical (unpaired) electrons. The molecule has 0 amide bonds. The van der Waals surface area contributed by atoms with E-state index in [0.29, 0.717) is 11.1 Å². The summed E-state index contributed by atoms with van der Waals surface area (Å²) in [6.07, 6.45) is 2.56. The molecule has 1 aliphatic rings. The number of aromatic hydroxyl groups is 1. The number of thiophene rings is 1. The Bertz CT molecular complexity index is 537. The zero-order valence-electron chi connectivity index (χ0n) is 9.77. The quantitative estimate of drug-likeness (QED) is 0.797. The van der Waals surface area contributed by atoms with Crippen LogP contribution in [0.25, 0.3) is 0 Å². The fourth-order valence-corrected chi connectivity index (χ4v) is 3.15. The number of phenols is 1. The van der Waals surface area contributed by atoms with Crippen molar-refractivity contribution >= 4 is 28.6 Å². The predicted octanol–water partition coefficient (Wildman–Crippen LogP) is 4.67. The molecule has 2 nitrogen and oxygen atoms in total. The summed E-state index contributed by atoms with van der Waals surface area (Å²) in [5.74, 6) is 0.845. The molecule has 2 N–H and O–H groups in total. The normalized spacial score (nSPS) is 16.5. The molecule has 0 saturated heterocycles. The van der Waals surface area contributed by atoms with Gasteiger partial charge in [-0.05, 0) is 48.4 Å². The van der Waals surface area contributed by atoms with Crippen molar-refractivity contribution in [2.75, 3.05) is 5.32 Å². The summed E-state index contributed by atoms with van der Waals surface area (Å²) in [5, 5.41) is 15.4. The zero-order chi connectivity index (χ0) is 12.5. The number of rotatable bonds is 4. The van der Waals surface area contributed by atoms with Crippen LogP contribution in [0.2, 0.25) is 5.02 Å². The predicted molar refractivity (Wildman–Crippen MR) is 76.5 cm³/mol. The molecule has 1 aromatic heterocycles. The van der Waals surface area contributed by atoms with Crippen LogP contribution in [-0.2, 0) is 0 Å². The van der Waals surface area contributed by atoms with Gasteiger partial charge in [0, 0.05) is 10.6 Å². The molecule has 0 aliphatic heterocycles. The smallest absolute Gasteiger partial charge is 0.134 e. The third-order valence-corrected chi connectivity index (χ3v) is 4.47. The molecule has 4 heteroatoms. The van der Waals surface area contributed by atoms with E-state index in [-0.39, 0.29) is 5.75 Å². The summed E-state index contributed by atoms with van der Waals surface area (Å²) < 4.78 is 0. The van der Waals surface area contributed by atoms with Crippen LogP contribution >= 0.6 is 22.9 Å². The van der Waals surface area contributed by atoms with E-state index in [4.69, 9.17) is 11.6 Å². The minimum absolute atomic E-state index is 0.126. The van der Waals surface area contributed by atoms with Crippen LogP contribution in [0, 0.1) is 5.92 Å². The summed E-state index contributed by atoms with van der Waals surface area (Å²) in [6.45, 7) is 0. The van der Waals surface area contributed by atoms with Gasteiger partial charge in [0.2, 0.25) is 0 Å². The highest BCUT2D eigenvalue weighted by molar-refractivity contribution is 7.10. The van der Waals surface area contributed by atoms with Crippen molar-refractivity contribution < 1.29 is 5.11 Å². The lowest BCUT2D eigenvalue weighted by Gasteiger charge is -2.18. The molecule has 1 saturated carbocycles. The van der Waals surface area contributed by atoms with Crippen LogP contribution in [-0.4, -0.2) is 5.11 Å². The van der Waals surface area contributed by atoms with Crippen molar-refractivity contribution in [2.24, 2.45) is 5.92 Å². The number of hydrogen-bond acceptors (Lipinski definition) is 3. The van der Waals surface area contributed by atoms with Gasteiger partial charge in [0.25, 0.3) is 0 Å². The third kappa shape index (κ3) is 2.47. The maximum absolute atomic E-state index is 9.43. The lowest BCUT2D eigenvalue weighted by atomic mass is 10.1. The minimum atomic E-state index is 0.126. The minimum Gasteiger partial charge on any atom is -0.506 e. The second kappa shape index (κ2) is 4.82. The van der Waals surface area contributed by atoms with Crippen molar-refractivity contribution in [1.82, 2.24) is 0 Å². The van der Waals surface area contributed by atoms with Crippen LogP contribution in [0.1, 0.15) is 23.8 Å². The Morgan fingerprint density at radius 3 is 2.78 bits per heavy atom. The monoisotopic (exact) mass is 279 g/mol. The molecule has 0 spiro atoms. The second-order valence-corrected chi connectivity index (χ2v) is 6.03. The van der Waals surface area contributed by atoms with Crippen molar-refractivity contribution in [1.29, 1.82) is 0 Å². The number of anilines is 1. The van der Waals surface area contributed by atoms with E-state index in [2.05, 4.69) is 22.8 Å². The highest BCUT2D eigenvalue weighted by atomic mass is 35.5. The fraction of sp³-hybridized carbons (Fsp3) is 0.286. The van der Waals surface area contributed by atoms with Gasteiger partial charge in [-0.25, -0.2) is 0 Å². The first-order chi connectivity index (χ1) is 8.74. The zero-order valence-corrected chi connectivity index (χ0v) is 11.3. The number of halogens is 1. The van der Waals surface area contributed by atoms with E-state index in [1.54, 1.807) is 23.5 Å². The topological polar surface area (TPSA) is 32.3 Å². The maximum Gasteiger partial charge on any atom is 0.134 e. The summed E-state index contributed by atoms with van der Waals surface area (Å²) in [6, 6.07) is 9.89. The van der Waals surface area contributed by atoms with E-state index in [9.17, 15) is 5.11 Å². The van der Waals surface area contributed by atoms with Crippen molar-refractivity contribution in [2.45, 2.75) is 18.9 Å². The molecule has 2 aromatic rings. The highest BCUT2D eigenvalue weighted by Crippen LogP contribution is 2.44. The first-order valence-electron chi connectivity index (χ1n) is 6.02. The van der Waals surface area contributed by atoms with Gasteiger partial charge in [0.05, 0.1) is 11.1 Å². The molecule has 3 rings (SSSR count). The summed E-state index contributed by atoms with van der Waals surface area (Å²) in [4.78, 5) is 1.36. The number of nitrogens with one attached hydrogen (secondary N) is 1. The molecule has 0 bridgehead atoms. The van der Waals surface area contributed by atoms with E-state index >= 15 is 0 Å². The molecular weight excluding hydrogens is 266 g/mol. The summed E-state index contributed by atoms with van der Waals surface area (Å²) in [7, 11) is 0. The molecule has 1 atom stereocenters. The Morgan fingerprint density at radius 2 is 2.17 bits per heavy atom. The largest absolute Gasteiger partial charge is 0.506 e. The van der Waals surface area contributed by atoms with Crippen molar-refractivity contribution in [3.05, 3.63) is 45.6 Å². The lowest BCUT2D eigenvalue weighted by molar-refractivity contribution is 0.475. The Hall–Kier alpha value is -1.19. The van der Waals surface area contributed by atoms with Gasteiger partial charge >= 0.3 is 0 Å². The average molecular weight is 280 g/mol. The third-order valence-electron chi connectivity index (χ3n) is 3.21. The second-order valence-electron chi connectivity index (χ2n) is 4.64. The number of hydrogen-bond donors (Lipinski definition) is 2. The van der Waals surface area contributed by atoms with Crippen LogP contribution in [0.15, 0.2) is 35.7 Å². The average Bonchev–Trinajstić information content (AvgIpc) is 3.05. The molecule has 1 aromatic carbocycles. The number of benzene rings is 1. The fourth-order valence-electron chi connectivity index (χ4n) is 2.10. The molecule has 1 aliphatic carbocycles. The van der Waals surface area contributed by atoms with Crippen LogP contribution in [0.3, 0.4) is 0 Å². The van der Waals surface area contributed by atoms with Crippen LogP contribution < -0.4 is 5.32 Å². The lowest BCUT2D eigenvalue weighted by Crippen LogP contribution is -2.11. The van der Waals surface area contributed by atoms with Gasteiger partial charge < -0.3 is 10.4 Å². The van der Waals surface area contributed by atoms with Gasteiger partial charge in [0.1, 0.15) is 5.75 Å². The molecular formula is C14H14ClNOS. The first-order valence-corrected chi connectivity index (χ1v) is 7.28. The Labute approximate surface area is 115 Å². The molecule has 1 unspecified atom stereocenters. The van der Waals surface area contributed by atoms with Gasteiger partial charge in [-0.3, -0.25) is 0 Å². The molecule has 18 heavy (non-hydrogen) atoms. The van der Waals surface area contributed by atoms with E-state index in [1.165, 1.54) is 17.7 Å². The highest BCUT2D eigenvalue weighted by Gasteiger charge is 2.32. The molecule has 1 fully saturated rings. The van der Waals surface area contributed by atoms with Gasteiger partial charge in [0.15, 0.2) is 0 Å². The standard InChI is InChI=1S/C14H14ClNOS/c15-11-8-10(5-6-12(11)17)16-14(9-3-4-9)13-2-1-7-18-13/h1-2,5-9,14,16-17H,3-4H2.